The van der Waals surface area contributed by atoms with Crippen LogP contribution in [0.25, 0.3) is 0 Å². The van der Waals surface area contributed by atoms with Gasteiger partial charge in [-0.05, 0) is 25.5 Å². The van der Waals surface area contributed by atoms with Gasteiger partial charge in [-0.3, -0.25) is 0 Å². The van der Waals surface area contributed by atoms with Gasteiger partial charge in [0.1, 0.15) is 5.82 Å². The van der Waals surface area contributed by atoms with E-state index in [1.54, 1.807) is 11.8 Å². The zero-order valence-electron chi connectivity index (χ0n) is 13.2. The molecule has 2 unspecified atom stereocenters. The molecule has 0 spiro atoms. The van der Waals surface area contributed by atoms with E-state index >= 15 is 0 Å². The summed E-state index contributed by atoms with van der Waals surface area (Å²) < 4.78 is 2.06. The monoisotopic (exact) mass is 304 g/mol. The molecule has 4 nitrogen and oxygen atoms in total. The first-order valence-electron chi connectivity index (χ1n) is 7.48. The Labute approximate surface area is 131 Å². The van der Waals surface area contributed by atoms with Crippen molar-refractivity contribution in [1.29, 1.82) is 0 Å². The van der Waals surface area contributed by atoms with Gasteiger partial charge in [0.05, 0.1) is 0 Å². The van der Waals surface area contributed by atoms with Gasteiger partial charge >= 0.3 is 0 Å². The van der Waals surface area contributed by atoms with Crippen molar-refractivity contribution in [2.24, 2.45) is 7.05 Å². The third-order valence-electron chi connectivity index (χ3n) is 3.67. The molecule has 0 aliphatic carbocycles. The molecule has 2 rings (SSSR count). The van der Waals surface area contributed by atoms with Crippen LogP contribution in [0.4, 0.5) is 0 Å². The third-order valence-corrected chi connectivity index (χ3v) is 5.14. The number of benzene rings is 1. The molecule has 1 N–H and O–H groups in total. The maximum Gasteiger partial charge on any atom is 0.191 e. The lowest BCUT2D eigenvalue weighted by Gasteiger charge is -2.26. The standard InChI is InChI=1S/C16H24N4S/c1-5-14(21-16-19-18-12(3)20(16)4)15(17-6-2)13-10-8-7-9-11-13/h7-11,14-15,17H,5-6H2,1-4H3. The second-order valence-electron chi connectivity index (χ2n) is 5.10. The van der Waals surface area contributed by atoms with Crippen LogP contribution in [0.3, 0.4) is 0 Å². The van der Waals surface area contributed by atoms with E-state index in [9.17, 15) is 0 Å². The number of hydrogen-bond donors (Lipinski definition) is 1. The normalized spacial score (nSPS) is 14.1. The summed E-state index contributed by atoms with van der Waals surface area (Å²) in [5.41, 5.74) is 1.33. The Balaban J connectivity index is 2.22. The van der Waals surface area contributed by atoms with Crippen molar-refractivity contribution in [3.63, 3.8) is 0 Å². The van der Waals surface area contributed by atoms with Crippen molar-refractivity contribution >= 4 is 11.8 Å². The average Bonchev–Trinajstić information content (AvgIpc) is 2.83. The van der Waals surface area contributed by atoms with Crippen LogP contribution in [0.15, 0.2) is 35.5 Å². The van der Waals surface area contributed by atoms with Crippen LogP contribution in [0.1, 0.15) is 37.7 Å². The zero-order valence-corrected chi connectivity index (χ0v) is 14.0. The number of nitrogens with zero attached hydrogens (tertiary/aromatic N) is 3. The van der Waals surface area contributed by atoms with Gasteiger partial charge in [-0.2, -0.15) is 0 Å². The highest BCUT2D eigenvalue weighted by Crippen LogP contribution is 2.33. The molecule has 5 heteroatoms. The maximum absolute atomic E-state index is 4.29. The van der Waals surface area contributed by atoms with Crippen LogP contribution in [0.5, 0.6) is 0 Å². The minimum Gasteiger partial charge on any atom is -0.309 e. The summed E-state index contributed by atoms with van der Waals surface area (Å²) in [4.78, 5) is 0. The van der Waals surface area contributed by atoms with Gasteiger partial charge in [0.2, 0.25) is 0 Å². The van der Waals surface area contributed by atoms with Crippen molar-refractivity contribution in [3.05, 3.63) is 41.7 Å². The van der Waals surface area contributed by atoms with E-state index in [0.29, 0.717) is 11.3 Å². The summed E-state index contributed by atoms with van der Waals surface area (Å²) in [6, 6.07) is 11.0. The van der Waals surface area contributed by atoms with Crippen LogP contribution in [0, 0.1) is 6.92 Å². The minimum absolute atomic E-state index is 0.322. The first-order chi connectivity index (χ1) is 10.2. The summed E-state index contributed by atoms with van der Waals surface area (Å²) in [5.74, 6) is 0.951. The topological polar surface area (TPSA) is 42.7 Å². The van der Waals surface area contributed by atoms with E-state index in [1.807, 2.05) is 14.0 Å². The molecule has 0 bridgehead atoms. The molecule has 21 heavy (non-hydrogen) atoms. The molecule has 114 valence electrons. The average molecular weight is 304 g/mol. The molecule has 0 aliphatic rings. The number of aryl methyl sites for hydroxylation is 1. The fourth-order valence-corrected chi connectivity index (χ4v) is 3.56. The van der Waals surface area contributed by atoms with Gasteiger partial charge in [0.15, 0.2) is 5.16 Å². The predicted octanol–water partition coefficient (Wildman–Crippen LogP) is 3.35. The summed E-state index contributed by atoms with van der Waals surface area (Å²) in [7, 11) is 2.02. The highest BCUT2D eigenvalue weighted by Gasteiger charge is 2.24. The quantitative estimate of drug-likeness (QED) is 0.797. The Bertz CT molecular complexity index is 553. The minimum atomic E-state index is 0.322. The molecular weight excluding hydrogens is 280 g/mol. The van der Waals surface area contributed by atoms with Crippen LogP contribution >= 0.6 is 11.8 Å². The Morgan fingerprint density at radius 3 is 2.43 bits per heavy atom. The van der Waals surface area contributed by atoms with E-state index in [-0.39, 0.29) is 0 Å². The largest absolute Gasteiger partial charge is 0.309 e. The first kappa shape index (κ1) is 16.0. The van der Waals surface area contributed by atoms with Gasteiger partial charge in [0.25, 0.3) is 0 Å². The molecule has 0 amide bonds. The summed E-state index contributed by atoms with van der Waals surface area (Å²) in [5, 5.41) is 13.5. The Morgan fingerprint density at radius 2 is 1.90 bits per heavy atom. The van der Waals surface area contributed by atoms with E-state index in [1.165, 1.54) is 5.56 Å². The number of rotatable bonds is 7. The molecule has 0 aliphatic heterocycles. The van der Waals surface area contributed by atoms with Crippen LogP contribution in [0.2, 0.25) is 0 Å². The van der Waals surface area contributed by atoms with Crippen molar-refractivity contribution in [1.82, 2.24) is 20.1 Å². The number of hydrogen-bond acceptors (Lipinski definition) is 4. The van der Waals surface area contributed by atoms with Crippen molar-refractivity contribution in [3.8, 4) is 0 Å². The molecule has 0 radical (unpaired) electrons. The molecule has 1 heterocycles. The van der Waals surface area contributed by atoms with E-state index in [0.717, 1.165) is 23.9 Å². The second kappa shape index (κ2) is 7.61. The second-order valence-corrected chi connectivity index (χ2v) is 6.31. The van der Waals surface area contributed by atoms with Gasteiger partial charge in [0, 0.05) is 18.3 Å². The lowest BCUT2D eigenvalue weighted by molar-refractivity contribution is 0.520. The molecule has 1 aromatic heterocycles. The first-order valence-corrected chi connectivity index (χ1v) is 8.36. The van der Waals surface area contributed by atoms with Gasteiger partial charge < -0.3 is 9.88 Å². The summed E-state index contributed by atoms with van der Waals surface area (Å²) in [6.45, 7) is 7.32. The molecule has 1 aromatic carbocycles. The fraction of sp³-hybridized carbons (Fsp3) is 0.500. The van der Waals surface area contributed by atoms with Gasteiger partial charge in [-0.15, -0.1) is 10.2 Å². The van der Waals surface area contributed by atoms with E-state index in [4.69, 9.17) is 0 Å². The number of aromatic nitrogens is 3. The number of thioether (sulfide) groups is 1. The molecule has 2 atom stereocenters. The Morgan fingerprint density at radius 1 is 1.19 bits per heavy atom. The highest BCUT2D eigenvalue weighted by molar-refractivity contribution is 7.99. The molecule has 0 saturated heterocycles. The molecule has 0 fully saturated rings. The van der Waals surface area contributed by atoms with Crippen LogP contribution in [-0.2, 0) is 7.05 Å². The smallest absolute Gasteiger partial charge is 0.191 e. The van der Waals surface area contributed by atoms with E-state index in [2.05, 4.69) is 64.3 Å². The van der Waals surface area contributed by atoms with Crippen LogP contribution < -0.4 is 5.32 Å². The lowest BCUT2D eigenvalue weighted by Crippen LogP contribution is -2.30. The Kier molecular flexibility index (Phi) is 5.82. The summed E-state index contributed by atoms with van der Waals surface area (Å²) in [6.07, 6.45) is 1.07. The van der Waals surface area contributed by atoms with Crippen molar-refractivity contribution < 1.29 is 0 Å². The SMILES string of the molecule is CCNC(c1ccccc1)C(CC)Sc1nnc(C)n1C. The van der Waals surface area contributed by atoms with Gasteiger partial charge in [-0.1, -0.05) is 55.9 Å². The van der Waals surface area contributed by atoms with Crippen molar-refractivity contribution in [2.75, 3.05) is 6.54 Å². The third kappa shape index (κ3) is 3.86. The van der Waals surface area contributed by atoms with Crippen LogP contribution in [-0.4, -0.2) is 26.6 Å². The predicted molar refractivity (Wildman–Crippen MR) is 88.5 cm³/mol. The summed E-state index contributed by atoms with van der Waals surface area (Å²) >= 11 is 1.81. The maximum atomic E-state index is 4.29. The fourth-order valence-electron chi connectivity index (χ4n) is 2.36. The molecule has 2 aromatic rings. The molecular formula is C16H24N4S. The highest BCUT2D eigenvalue weighted by atomic mass is 32.2. The van der Waals surface area contributed by atoms with E-state index < -0.39 is 0 Å². The zero-order chi connectivity index (χ0) is 15.2. The van der Waals surface area contributed by atoms with Gasteiger partial charge in [-0.25, -0.2) is 0 Å². The molecule has 0 saturated carbocycles. The van der Waals surface area contributed by atoms with Crippen molar-refractivity contribution in [2.45, 2.75) is 43.6 Å². The Hall–Kier alpha value is -1.33. The number of nitrogens with one attached hydrogen (secondary N) is 1. The lowest BCUT2D eigenvalue weighted by atomic mass is 10.0.